The van der Waals surface area contributed by atoms with Gasteiger partial charge in [0.2, 0.25) is 5.91 Å². The quantitative estimate of drug-likeness (QED) is 0.625. The van der Waals surface area contributed by atoms with Crippen LogP contribution >= 0.6 is 0 Å². The molecule has 0 spiro atoms. The molecule has 0 radical (unpaired) electrons. The second-order valence-corrected chi connectivity index (χ2v) is 8.51. The van der Waals surface area contributed by atoms with Gasteiger partial charge in [-0.05, 0) is 35.2 Å². The van der Waals surface area contributed by atoms with Crippen molar-refractivity contribution in [2.24, 2.45) is 0 Å². The summed E-state index contributed by atoms with van der Waals surface area (Å²) in [6, 6.07) is 12.5. The van der Waals surface area contributed by atoms with Gasteiger partial charge in [0.05, 0.1) is 7.11 Å². The van der Waals surface area contributed by atoms with E-state index in [1.807, 2.05) is 12.1 Å². The second kappa shape index (κ2) is 7.55. The molecule has 1 aliphatic heterocycles. The maximum absolute atomic E-state index is 14.0. The number of aromatic nitrogens is 2. The molecule has 1 unspecified atom stereocenters. The number of methoxy groups -OCH3 is 1. The molecule has 156 valence electrons. The molecule has 2 heterocycles. The zero-order valence-electron chi connectivity index (χ0n) is 17.5. The Labute approximate surface area is 174 Å². The summed E-state index contributed by atoms with van der Waals surface area (Å²) < 4.78 is 24.4. The molecule has 1 saturated heterocycles. The number of hydrogen-bond acceptors (Lipinski definition) is 5. The van der Waals surface area contributed by atoms with Gasteiger partial charge < -0.3 is 14.2 Å². The predicted molar refractivity (Wildman–Crippen MR) is 111 cm³/mol. The Hall–Kier alpha value is -3.22. The van der Waals surface area contributed by atoms with E-state index in [2.05, 4.69) is 43.0 Å². The lowest BCUT2D eigenvalue weighted by Gasteiger charge is -2.18. The lowest BCUT2D eigenvalue weighted by molar-refractivity contribution is -0.117. The molecule has 4 rings (SSSR count). The molecule has 1 aromatic heterocycles. The number of benzene rings is 2. The zero-order chi connectivity index (χ0) is 21.5. The Morgan fingerprint density at radius 3 is 2.53 bits per heavy atom. The predicted octanol–water partition coefficient (Wildman–Crippen LogP) is 4.70. The third-order valence-corrected chi connectivity index (χ3v) is 5.38. The summed E-state index contributed by atoms with van der Waals surface area (Å²) in [7, 11) is 1.40. The largest absolute Gasteiger partial charge is 0.494 e. The van der Waals surface area contributed by atoms with Crippen LogP contribution in [-0.2, 0) is 10.2 Å². The van der Waals surface area contributed by atoms with Crippen molar-refractivity contribution in [3.63, 3.8) is 0 Å². The van der Waals surface area contributed by atoms with Crippen molar-refractivity contribution in [3.05, 3.63) is 59.7 Å². The van der Waals surface area contributed by atoms with Crippen LogP contribution in [0.5, 0.6) is 5.75 Å². The van der Waals surface area contributed by atoms with E-state index in [-0.39, 0.29) is 29.4 Å². The van der Waals surface area contributed by atoms with Gasteiger partial charge in [-0.15, -0.1) is 0 Å². The van der Waals surface area contributed by atoms with Crippen LogP contribution < -0.4 is 9.64 Å². The number of rotatable bonds is 4. The Morgan fingerprint density at radius 1 is 1.17 bits per heavy atom. The van der Waals surface area contributed by atoms with E-state index in [1.165, 1.54) is 24.8 Å². The summed E-state index contributed by atoms with van der Waals surface area (Å²) in [5, 5.41) is 4.09. The van der Waals surface area contributed by atoms with E-state index in [1.54, 1.807) is 11.0 Å². The number of amides is 1. The van der Waals surface area contributed by atoms with Crippen molar-refractivity contribution < 1.29 is 18.4 Å². The lowest BCUT2D eigenvalue weighted by atomic mass is 9.87. The summed E-state index contributed by atoms with van der Waals surface area (Å²) in [6.07, 6.45) is 0.246. The van der Waals surface area contributed by atoms with Gasteiger partial charge in [0, 0.05) is 36.2 Å². The third-order valence-electron chi connectivity index (χ3n) is 5.38. The normalized spacial score (nSPS) is 16.9. The highest BCUT2D eigenvalue weighted by molar-refractivity contribution is 5.96. The lowest BCUT2D eigenvalue weighted by Crippen LogP contribution is -2.24. The molecule has 0 N–H and O–H groups in total. The first kappa shape index (κ1) is 20.1. The van der Waals surface area contributed by atoms with Crippen LogP contribution in [-0.4, -0.2) is 29.7 Å². The fraction of sp³-hybridized carbons (Fsp3) is 0.348. The van der Waals surface area contributed by atoms with Gasteiger partial charge in [0.1, 0.15) is 0 Å². The van der Waals surface area contributed by atoms with Crippen molar-refractivity contribution in [2.45, 2.75) is 38.5 Å². The van der Waals surface area contributed by atoms with Crippen LogP contribution in [0.1, 0.15) is 44.5 Å². The Bertz CT molecular complexity index is 1070. The van der Waals surface area contributed by atoms with E-state index in [4.69, 9.17) is 9.26 Å². The molecule has 3 aromatic rings. The maximum atomic E-state index is 14.0. The van der Waals surface area contributed by atoms with Crippen LogP contribution in [0.3, 0.4) is 0 Å². The highest BCUT2D eigenvalue weighted by Gasteiger charge is 2.35. The van der Waals surface area contributed by atoms with Crippen LogP contribution in [0.15, 0.2) is 47.0 Å². The maximum Gasteiger partial charge on any atom is 0.257 e. The van der Waals surface area contributed by atoms with Crippen LogP contribution in [0, 0.1) is 5.82 Å². The molecule has 0 saturated carbocycles. The fourth-order valence-corrected chi connectivity index (χ4v) is 3.58. The first-order valence-corrected chi connectivity index (χ1v) is 9.84. The van der Waals surface area contributed by atoms with Crippen molar-refractivity contribution in [3.8, 4) is 17.2 Å². The van der Waals surface area contributed by atoms with Gasteiger partial charge in [-0.25, -0.2) is 4.39 Å². The molecule has 6 nitrogen and oxygen atoms in total. The Morgan fingerprint density at radius 2 is 1.90 bits per heavy atom. The Balaban J connectivity index is 1.52. The van der Waals surface area contributed by atoms with Gasteiger partial charge in [-0.3, -0.25) is 4.79 Å². The van der Waals surface area contributed by atoms with Crippen molar-refractivity contribution >= 4 is 11.6 Å². The number of nitrogens with zero attached hydrogens (tertiary/aromatic N) is 3. The highest BCUT2D eigenvalue weighted by atomic mass is 19.1. The smallest absolute Gasteiger partial charge is 0.257 e. The van der Waals surface area contributed by atoms with Crippen LogP contribution in [0.25, 0.3) is 11.5 Å². The number of carbonyl (C=O) groups excluding carboxylic acids is 1. The number of hydrogen-bond donors (Lipinski definition) is 0. The minimum Gasteiger partial charge on any atom is -0.494 e. The SMILES string of the molecule is COc1ccc(N2CC(c3noc(-c4ccc(C(C)(C)C)cc4)n3)CC2=O)cc1F. The van der Waals surface area contributed by atoms with Gasteiger partial charge in [0.15, 0.2) is 17.4 Å². The summed E-state index contributed by atoms with van der Waals surface area (Å²) in [4.78, 5) is 18.6. The van der Waals surface area contributed by atoms with E-state index < -0.39 is 5.82 Å². The summed E-state index contributed by atoms with van der Waals surface area (Å²) in [5.41, 5.74) is 2.60. The van der Waals surface area contributed by atoms with Gasteiger partial charge in [-0.2, -0.15) is 4.98 Å². The molecular weight excluding hydrogens is 385 g/mol. The van der Waals surface area contributed by atoms with Crippen molar-refractivity contribution in [1.29, 1.82) is 0 Å². The summed E-state index contributed by atoms with van der Waals surface area (Å²) in [5.74, 6) is 0.218. The van der Waals surface area contributed by atoms with E-state index in [9.17, 15) is 9.18 Å². The van der Waals surface area contributed by atoms with E-state index in [0.29, 0.717) is 23.9 Å². The monoisotopic (exact) mass is 409 g/mol. The number of anilines is 1. The zero-order valence-corrected chi connectivity index (χ0v) is 17.5. The van der Waals surface area contributed by atoms with E-state index >= 15 is 0 Å². The van der Waals surface area contributed by atoms with E-state index in [0.717, 1.165) is 5.56 Å². The molecule has 7 heteroatoms. The molecule has 0 bridgehead atoms. The minimum atomic E-state index is -0.508. The molecular formula is C23H24FN3O3. The standard InChI is InChI=1S/C23H24FN3O3/c1-23(2,3)16-7-5-14(6-8-16)22-25-21(26-30-22)15-11-20(28)27(13-15)17-9-10-19(29-4)18(24)12-17/h5-10,12,15H,11,13H2,1-4H3. The molecule has 0 aliphatic carbocycles. The number of ether oxygens (including phenoxy) is 1. The number of halogens is 1. The van der Waals surface area contributed by atoms with Crippen molar-refractivity contribution in [2.75, 3.05) is 18.6 Å². The molecule has 2 aromatic carbocycles. The number of carbonyl (C=O) groups is 1. The average molecular weight is 409 g/mol. The van der Waals surface area contributed by atoms with Gasteiger partial charge in [0.25, 0.3) is 5.89 Å². The van der Waals surface area contributed by atoms with Crippen LogP contribution in [0.2, 0.25) is 0 Å². The molecule has 30 heavy (non-hydrogen) atoms. The molecule has 1 fully saturated rings. The van der Waals surface area contributed by atoms with Crippen LogP contribution in [0.4, 0.5) is 10.1 Å². The molecule has 1 aliphatic rings. The molecule has 1 atom stereocenters. The first-order chi connectivity index (χ1) is 14.3. The molecule has 1 amide bonds. The third kappa shape index (κ3) is 3.79. The van der Waals surface area contributed by atoms with Crippen molar-refractivity contribution in [1.82, 2.24) is 10.1 Å². The summed E-state index contributed by atoms with van der Waals surface area (Å²) >= 11 is 0. The Kier molecular flexibility index (Phi) is 5.05. The fourth-order valence-electron chi connectivity index (χ4n) is 3.58. The van der Waals surface area contributed by atoms with Gasteiger partial charge >= 0.3 is 0 Å². The van der Waals surface area contributed by atoms with Gasteiger partial charge in [-0.1, -0.05) is 38.1 Å². The average Bonchev–Trinajstić information content (AvgIpc) is 3.34. The summed E-state index contributed by atoms with van der Waals surface area (Å²) in [6.45, 7) is 6.84. The highest BCUT2D eigenvalue weighted by Crippen LogP contribution is 2.33. The topological polar surface area (TPSA) is 68.5 Å². The first-order valence-electron chi connectivity index (χ1n) is 9.84. The second-order valence-electron chi connectivity index (χ2n) is 8.51. The minimum absolute atomic E-state index is 0.0626.